The Morgan fingerprint density at radius 1 is 1.00 bits per heavy atom. The van der Waals surface area contributed by atoms with Crippen molar-refractivity contribution in [2.45, 2.75) is 105 Å². The van der Waals surface area contributed by atoms with E-state index in [0.717, 1.165) is 44.9 Å². The molecule has 0 saturated heterocycles. The lowest BCUT2D eigenvalue weighted by Crippen LogP contribution is -2.68. The standard InChI is InChI=1S/C30H48O5/c1-17-9-12-30(25(34)35)14-13-28(5)19(23(30)18(17)2)7-8-22-26(3)15-20(32)24(33)27(4,16-31)21(26)10-11-29(22,28)6/h7,17-18,20-24,31-33H,8-16H2,1-6H3,(H,34,35)/t17-,18-,20-,21+,22-,23-,24+,26+,27+,28-,29-,30+/m1/s1. The molecule has 12 atom stereocenters. The average molecular weight is 489 g/mol. The van der Waals surface area contributed by atoms with Crippen molar-refractivity contribution in [3.8, 4) is 0 Å². The minimum absolute atomic E-state index is 0.00815. The van der Waals surface area contributed by atoms with Gasteiger partial charge in [-0.2, -0.15) is 0 Å². The number of aliphatic hydroxyl groups is 3. The van der Waals surface area contributed by atoms with Crippen LogP contribution in [0.15, 0.2) is 11.6 Å². The molecule has 0 aliphatic heterocycles. The van der Waals surface area contributed by atoms with Crippen LogP contribution < -0.4 is 0 Å². The van der Waals surface area contributed by atoms with Gasteiger partial charge in [-0.1, -0.05) is 53.2 Å². The van der Waals surface area contributed by atoms with E-state index in [9.17, 15) is 25.2 Å². The smallest absolute Gasteiger partial charge is 0.310 e. The summed E-state index contributed by atoms with van der Waals surface area (Å²) >= 11 is 0. The fourth-order valence-electron chi connectivity index (χ4n) is 11.0. The second kappa shape index (κ2) is 7.80. The first kappa shape index (κ1) is 25.7. The monoisotopic (exact) mass is 488 g/mol. The summed E-state index contributed by atoms with van der Waals surface area (Å²) in [7, 11) is 0. The summed E-state index contributed by atoms with van der Waals surface area (Å²) in [6.45, 7) is 13.6. The Hall–Kier alpha value is -0.910. The van der Waals surface area contributed by atoms with E-state index in [2.05, 4.69) is 40.7 Å². The van der Waals surface area contributed by atoms with Crippen molar-refractivity contribution >= 4 is 5.97 Å². The van der Waals surface area contributed by atoms with Gasteiger partial charge in [0.25, 0.3) is 0 Å². The van der Waals surface area contributed by atoms with Gasteiger partial charge in [0.15, 0.2) is 0 Å². The Morgan fingerprint density at radius 2 is 1.69 bits per heavy atom. The Bertz CT molecular complexity index is 930. The Kier molecular flexibility index (Phi) is 5.73. The van der Waals surface area contributed by atoms with Gasteiger partial charge in [0, 0.05) is 5.41 Å². The molecule has 5 nitrogen and oxygen atoms in total. The molecule has 0 spiro atoms. The average Bonchev–Trinajstić information content (AvgIpc) is 2.80. The van der Waals surface area contributed by atoms with Crippen LogP contribution in [0.4, 0.5) is 0 Å². The minimum atomic E-state index is -0.907. The summed E-state index contributed by atoms with van der Waals surface area (Å²) in [4.78, 5) is 12.8. The molecule has 4 fully saturated rings. The van der Waals surface area contributed by atoms with E-state index < -0.39 is 29.0 Å². The van der Waals surface area contributed by atoms with Gasteiger partial charge in [0.1, 0.15) is 0 Å². The summed E-state index contributed by atoms with van der Waals surface area (Å²) in [6, 6.07) is 0. The van der Waals surface area contributed by atoms with Crippen molar-refractivity contribution in [1.82, 2.24) is 0 Å². The molecule has 0 unspecified atom stereocenters. The van der Waals surface area contributed by atoms with Crippen LogP contribution in [-0.4, -0.2) is 45.2 Å². The van der Waals surface area contributed by atoms with E-state index in [-0.39, 0.29) is 34.7 Å². The summed E-state index contributed by atoms with van der Waals surface area (Å²) in [5, 5.41) is 42.9. The number of carboxylic acid groups (broad SMARTS) is 1. The summed E-state index contributed by atoms with van der Waals surface area (Å²) in [5.41, 5.74) is -0.214. The molecule has 5 rings (SSSR count). The molecule has 5 aliphatic carbocycles. The van der Waals surface area contributed by atoms with Gasteiger partial charge < -0.3 is 20.4 Å². The molecule has 0 radical (unpaired) electrons. The van der Waals surface area contributed by atoms with Crippen LogP contribution in [0.5, 0.6) is 0 Å². The molecule has 0 heterocycles. The van der Waals surface area contributed by atoms with Crippen LogP contribution in [0, 0.1) is 56.7 Å². The highest BCUT2D eigenvalue weighted by Gasteiger charge is 2.70. The number of allylic oxidation sites excluding steroid dienone is 2. The lowest BCUT2D eigenvalue weighted by atomic mass is 9.33. The van der Waals surface area contributed by atoms with E-state index >= 15 is 0 Å². The molecule has 0 aromatic heterocycles. The van der Waals surface area contributed by atoms with Crippen molar-refractivity contribution in [3.63, 3.8) is 0 Å². The third-order valence-corrected chi connectivity index (χ3v) is 13.5. The quantitative estimate of drug-likeness (QED) is 0.409. The molecule has 5 heteroatoms. The number of fused-ring (bicyclic) bond motifs is 7. The first-order chi connectivity index (χ1) is 16.2. The van der Waals surface area contributed by atoms with E-state index in [0.29, 0.717) is 24.2 Å². The zero-order valence-corrected chi connectivity index (χ0v) is 22.7. The van der Waals surface area contributed by atoms with Crippen LogP contribution in [0.3, 0.4) is 0 Å². The molecule has 0 bridgehead atoms. The van der Waals surface area contributed by atoms with Crippen LogP contribution in [0.1, 0.15) is 92.9 Å². The Labute approximate surface area is 211 Å². The lowest BCUT2D eigenvalue weighted by Gasteiger charge is -2.71. The highest BCUT2D eigenvalue weighted by Crippen LogP contribution is 2.75. The zero-order valence-electron chi connectivity index (χ0n) is 22.7. The predicted octanol–water partition coefficient (Wildman–Crippen LogP) is 5.03. The number of aliphatic hydroxyl groups excluding tert-OH is 3. The molecule has 4 N–H and O–H groups in total. The fourth-order valence-corrected chi connectivity index (χ4v) is 11.0. The number of aliphatic carboxylic acids is 1. The molecular weight excluding hydrogens is 440 g/mol. The van der Waals surface area contributed by atoms with E-state index in [4.69, 9.17) is 0 Å². The van der Waals surface area contributed by atoms with Crippen molar-refractivity contribution < 1.29 is 25.2 Å². The predicted molar refractivity (Wildman–Crippen MR) is 135 cm³/mol. The molecule has 5 aliphatic rings. The molecular formula is C30H48O5. The maximum Gasteiger partial charge on any atom is 0.310 e. The van der Waals surface area contributed by atoms with Gasteiger partial charge in [0.2, 0.25) is 0 Å². The summed E-state index contributed by atoms with van der Waals surface area (Å²) in [6.07, 6.45) is 7.51. The van der Waals surface area contributed by atoms with Crippen molar-refractivity contribution in [2.75, 3.05) is 6.61 Å². The normalized spacial score (nSPS) is 57.7. The SMILES string of the molecule is C[C@@H]1[C@H](C)CC[C@]2(C(=O)O)CC[C@]3(C)C(=CC[C@@H]4[C@@]5(C)C[C@@H](O)[C@H](O)[C@@](C)(CO)[C@H]5CC[C@]43C)[C@@H]12. The van der Waals surface area contributed by atoms with Crippen molar-refractivity contribution in [2.24, 2.45) is 56.7 Å². The van der Waals surface area contributed by atoms with Gasteiger partial charge in [0.05, 0.1) is 24.2 Å². The second-order valence-electron chi connectivity index (χ2n) is 14.5. The highest BCUT2D eigenvalue weighted by molar-refractivity contribution is 5.76. The van der Waals surface area contributed by atoms with Gasteiger partial charge >= 0.3 is 5.97 Å². The maximum atomic E-state index is 12.8. The summed E-state index contributed by atoms with van der Waals surface area (Å²) < 4.78 is 0. The fraction of sp³-hybridized carbons (Fsp3) is 0.900. The second-order valence-corrected chi connectivity index (χ2v) is 14.5. The van der Waals surface area contributed by atoms with Gasteiger partial charge in [-0.15, -0.1) is 0 Å². The van der Waals surface area contributed by atoms with Crippen LogP contribution in [0.2, 0.25) is 0 Å². The third kappa shape index (κ3) is 2.95. The minimum Gasteiger partial charge on any atom is -0.481 e. The number of hydrogen-bond acceptors (Lipinski definition) is 4. The molecule has 4 saturated carbocycles. The van der Waals surface area contributed by atoms with Gasteiger partial charge in [-0.05, 0) is 97.2 Å². The Balaban J connectivity index is 1.62. The number of carbonyl (C=O) groups is 1. The van der Waals surface area contributed by atoms with Gasteiger partial charge in [-0.25, -0.2) is 0 Å². The largest absolute Gasteiger partial charge is 0.481 e. The van der Waals surface area contributed by atoms with Gasteiger partial charge in [-0.3, -0.25) is 4.79 Å². The van der Waals surface area contributed by atoms with Crippen molar-refractivity contribution in [1.29, 1.82) is 0 Å². The van der Waals surface area contributed by atoms with Crippen LogP contribution >= 0.6 is 0 Å². The maximum absolute atomic E-state index is 12.8. The zero-order chi connectivity index (χ0) is 25.8. The lowest BCUT2D eigenvalue weighted by molar-refractivity contribution is -0.244. The highest BCUT2D eigenvalue weighted by atomic mass is 16.4. The topological polar surface area (TPSA) is 98.0 Å². The van der Waals surface area contributed by atoms with E-state index in [1.807, 2.05) is 6.92 Å². The first-order valence-electron chi connectivity index (χ1n) is 14.1. The first-order valence-corrected chi connectivity index (χ1v) is 14.1. The van der Waals surface area contributed by atoms with E-state index in [1.54, 1.807) is 0 Å². The van der Waals surface area contributed by atoms with E-state index in [1.165, 1.54) is 5.57 Å². The molecule has 198 valence electrons. The third-order valence-electron chi connectivity index (χ3n) is 13.5. The van der Waals surface area contributed by atoms with Crippen LogP contribution in [0.25, 0.3) is 0 Å². The number of rotatable bonds is 2. The number of carboxylic acids is 1. The number of hydrogen-bond donors (Lipinski definition) is 4. The molecule has 0 aromatic carbocycles. The Morgan fingerprint density at radius 3 is 2.31 bits per heavy atom. The molecule has 0 aromatic rings. The van der Waals surface area contributed by atoms with Crippen molar-refractivity contribution in [3.05, 3.63) is 11.6 Å². The van der Waals surface area contributed by atoms with Crippen LogP contribution in [-0.2, 0) is 4.79 Å². The molecule has 35 heavy (non-hydrogen) atoms. The molecule has 0 amide bonds. The summed E-state index contributed by atoms with van der Waals surface area (Å²) in [5.74, 6) is 0.828.